The van der Waals surface area contributed by atoms with Crippen molar-refractivity contribution >= 4 is 16.9 Å². The highest BCUT2D eigenvalue weighted by molar-refractivity contribution is 5.94. The summed E-state index contributed by atoms with van der Waals surface area (Å²) in [6, 6.07) is 24.0. The molecule has 1 amide bonds. The van der Waals surface area contributed by atoms with E-state index in [4.69, 9.17) is 4.74 Å². The summed E-state index contributed by atoms with van der Waals surface area (Å²) in [5.74, 6) is 1.32. The summed E-state index contributed by atoms with van der Waals surface area (Å²) in [5, 5.41) is 0. The number of para-hydroxylation sites is 2. The lowest BCUT2D eigenvalue weighted by Gasteiger charge is -2.17. The predicted octanol–water partition coefficient (Wildman–Crippen LogP) is 4.66. The second-order valence-corrected chi connectivity index (χ2v) is 7.66. The highest BCUT2D eigenvalue weighted by atomic mass is 16.5. The molecular formula is C25H23N3O2. The van der Waals surface area contributed by atoms with Gasteiger partial charge in [0.05, 0.1) is 18.1 Å². The Labute approximate surface area is 175 Å². The summed E-state index contributed by atoms with van der Waals surface area (Å²) in [6.07, 6.45) is 2.80. The molecule has 0 N–H and O–H groups in total. The SMILES string of the molecule is COc1ccc(C2CCN(C(=O)c3ccc(-n4cnc5ccccc54)cc3)C2)cc1. The van der Waals surface area contributed by atoms with Crippen LogP contribution in [0, 0.1) is 0 Å². The van der Waals surface area contributed by atoms with Crippen LogP contribution in [-0.4, -0.2) is 40.6 Å². The van der Waals surface area contributed by atoms with Crippen molar-refractivity contribution in [3.63, 3.8) is 0 Å². The molecular weight excluding hydrogens is 374 g/mol. The lowest BCUT2D eigenvalue weighted by Crippen LogP contribution is -2.28. The number of carbonyl (C=O) groups is 1. The van der Waals surface area contributed by atoms with Crippen LogP contribution in [0.5, 0.6) is 5.75 Å². The van der Waals surface area contributed by atoms with E-state index in [1.165, 1.54) is 5.56 Å². The number of hydrogen-bond donors (Lipinski definition) is 0. The molecule has 5 heteroatoms. The molecule has 0 spiro atoms. The zero-order chi connectivity index (χ0) is 20.5. The fourth-order valence-corrected chi connectivity index (χ4v) is 4.21. The molecule has 4 aromatic rings. The molecule has 1 aliphatic heterocycles. The first kappa shape index (κ1) is 18.4. The number of aromatic nitrogens is 2. The van der Waals surface area contributed by atoms with Crippen molar-refractivity contribution in [1.82, 2.24) is 14.5 Å². The maximum Gasteiger partial charge on any atom is 0.253 e. The van der Waals surface area contributed by atoms with Crippen molar-refractivity contribution < 1.29 is 9.53 Å². The Morgan fingerprint density at radius 3 is 2.53 bits per heavy atom. The van der Waals surface area contributed by atoms with Gasteiger partial charge >= 0.3 is 0 Å². The highest BCUT2D eigenvalue weighted by Crippen LogP contribution is 2.29. The van der Waals surface area contributed by atoms with Crippen molar-refractivity contribution in [3.8, 4) is 11.4 Å². The van der Waals surface area contributed by atoms with Crippen molar-refractivity contribution in [3.05, 3.63) is 90.3 Å². The first-order valence-electron chi connectivity index (χ1n) is 10.2. The van der Waals surface area contributed by atoms with Gasteiger partial charge in [-0.3, -0.25) is 9.36 Å². The van der Waals surface area contributed by atoms with Gasteiger partial charge in [-0.05, 0) is 60.5 Å². The Hall–Kier alpha value is -3.60. The predicted molar refractivity (Wildman–Crippen MR) is 117 cm³/mol. The maximum absolute atomic E-state index is 13.0. The number of likely N-dealkylation sites (tertiary alicyclic amines) is 1. The second kappa shape index (κ2) is 7.67. The molecule has 0 radical (unpaired) electrons. The zero-order valence-corrected chi connectivity index (χ0v) is 16.9. The average molecular weight is 397 g/mol. The molecule has 2 heterocycles. The minimum Gasteiger partial charge on any atom is -0.497 e. The summed E-state index contributed by atoms with van der Waals surface area (Å²) in [7, 11) is 1.67. The third kappa shape index (κ3) is 3.32. The quantitative estimate of drug-likeness (QED) is 0.503. The molecule has 1 aromatic heterocycles. The molecule has 1 unspecified atom stereocenters. The molecule has 1 atom stereocenters. The summed E-state index contributed by atoms with van der Waals surface area (Å²) in [6.45, 7) is 1.53. The second-order valence-electron chi connectivity index (χ2n) is 7.66. The van der Waals surface area contributed by atoms with Gasteiger partial charge in [-0.1, -0.05) is 24.3 Å². The van der Waals surface area contributed by atoms with E-state index >= 15 is 0 Å². The van der Waals surface area contributed by atoms with Crippen LogP contribution in [0.3, 0.4) is 0 Å². The van der Waals surface area contributed by atoms with Gasteiger partial charge in [-0.15, -0.1) is 0 Å². The Morgan fingerprint density at radius 2 is 1.77 bits per heavy atom. The number of rotatable bonds is 4. The standard InChI is InChI=1S/C25H23N3O2/c1-30-22-12-8-18(9-13-22)20-14-15-27(16-20)25(29)19-6-10-21(11-7-19)28-17-26-23-4-2-3-5-24(23)28/h2-13,17,20H,14-16H2,1H3. The monoisotopic (exact) mass is 397 g/mol. The summed E-state index contributed by atoms with van der Waals surface area (Å²) < 4.78 is 7.28. The Morgan fingerprint density at radius 1 is 1.00 bits per heavy atom. The number of benzene rings is 3. The zero-order valence-electron chi connectivity index (χ0n) is 16.9. The minimum atomic E-state index is 0.0908. The third-order valence-corrected chi connectivity index (χ3v) is 5.91. The topological polar surface area (TPSA) is 47.4 Å². The van der Waals surface area contributed by atoms with E-state index < -0.39 is 0 Å². The van der Waals surface area contributed by atoms with Crippen LogP contribution in [-0.2, 0) is 0 Å². The summed E-state index contributed by atoms with van der Waals surface area (Å²) >= 11 is 0. The van der Waals surface area contributed by atoms with Gasteiger partial charge in [0, 0.05) is 30.3 Å². The van der Waals surface area contributed by atoms with Crippen molar-refractivity contribution in [2.24, 2.45) is 0 Å². The van der Waals surface area contributed by atoms with E-state index in [1.807, 2.05) is 76.5 Å². The van der Waals surface area contributed by atoms with Gasteiger partial charge < -0.3 is 9.64 Å². The van der Waals surface area contributed by atoms with Crippen LogP contribution in [0.2, 0.25) is 0 Å². The van der Waals surface area contributed by atoms with Gasteiger partial charge in [0.1, 0.15) is 12.1 Å². The fraction of sp³-hybridized carbons (Fsp3) is 0.200. The molecule has 3 aromatic carbocycles. The van der Waals surface area contributed by atoms with Gasteiger partial charge in [0.15, 0.2) is 0 Å². The van der Waals surface area contributed by atoms with E-state index in [1.54, 1.807) is 7.11 Å². The number of hydrogen-bond acceptors (Lipinski definition) is 3. The number of imidazole rings is 1. The van der Waals surface area contributed by atoms with Crippen LogP contribution >= 0.6 is 0 Å². The van der Waals surface area contributed by atoms with Gasteiger partial charge in [0.2, 0.25) is 0 Å². The van der Waals surface area contributed by atoms with E-state index in [0.29, 0.717) is 5.92 Å². The smallest absolute Gasteiger partial charge is 0.253 e. The number of nitrogens with zero attached hydrogens (tertiary/aromatic N) is 3. The average Bonchev–Trinajstić information content (AvgIpc) is 3.47. The largest absolute Gasteiger partial charge is 0.497 e. The number of methoxy groups -OCH3 is 1. The van der Waals surface area contributed by atoms with Crippen molar-refractivity contribution in [2.75, 3.05) is 20.2 Å². The maximum atomic E-state index is 13.0. The minimum absolute atomic E-state index is 0.0908. The third-order valence-electron chi connectivity index (χ3n) is 5.91. The van der Waals surface area contributed by atoms with Crippen LogP contribution in [0.4, 0.5) is 0 Å². The van der Waals surface area contributed by atoms with Crippen LogP contribution in [0.1, 0.15) is 28.3 Å². The van der Waals surface area contributed by atoms with E-state index in [-0.39, 0.29) is 5.91 Å². The molecule has 0 saturated carbocycles. The number of carbonyl (C=O) groups excluding carboxylic acids is 1. The normalized spacial score (nSPS) is 16.2. The van der Waals surface area contributed by atoms with Crippen molar-refractivity contribution in [2.45, 2.75) is 12.3 Å². The lowest BCUT2D eigenvalue weighted by atomic mass is 9.98. The highest BCUT2D eigenvalue weighted by Gasteiger charge is 2.28. The Balaban J connectivity index is 1.30. The van der Waals surface area contributed by atoms with Gasteiger partial charge in [-0.2, -0.15) is 0 Å². The molecule has 0 aliphatic carbocycles. The van der Waals surface area contributed by atoms with Crippen LogP contribution in [0.15, 0.2) is 79.1 Å². The molecule has 1 saturated heterocycles. The van der Waals surface area contributed by atoms with Crippen molar-refractivity contribution in [1.29, 1.82) is 0 Å². The summed E-state index contributed by atoms with van der Waals surface area (Å²) in [5.41, 5.74) is 4.99. The molecule has 5 nitrogen and oxygen atoms in total. The van der Waals surface area contributed by atoms with Gasteiger partial charge in [0.25, 0.3) is 5.91 Å². The molecule has 150 valence electrons. The molecule has 1 aliphatic rings. The Kier molecular flexibility index (Phi) is 4.71. The fourth-order valence-electron chi connectivity index (χ4n) is 4.21. The van der Waals surface area contributed by atoms with Gasteiger partial charge in [-0.25, -0.2) is 4.98 Å². The molecule has 0 bridgehead atoms. The first-order chi connectivity index (χ1) is 14.7. The van der Waals surface area contributed by atoms with Crippen LogP contribution < -0.4 is 4.74 Å². The van der Waals surface area contributed by atoms with E-state index in [9.17, 15) is 4.79 Å². The number of amides is 1. The molecule has 30 heavy (non-hydrogen) atoms. The molecule has 1 fully saturated rings. The molecule has 5 rings (SSSR count). The summed E-state index contributed by atoms with van der Waals surface area (Å²) in [4.78, 5) is 19.4. The number of ether oxygens (including phenoxy) is 1. The van der Waals surface area contributed by atoms with E-state index in [0.717, 1.165) is 47.5 Å². The van der Waals surface area contributed by atoms with Crippen LogP contribution in [0.25, 0.3) is 16.7 Å². The number of fused-ring (bicyclic) bond motifs is 1. The lowest BCUT2D eigenvalue weighted by molar-refractivity contribution is 0.0791. The first-order valence-corrected chi connectivity index (χ1v) is 10.2. The Bertz CT molecular complexity index is 1180. The van der Waals surface area contributed by atoms with E-state index in [2.05, 4.69) is 17.1 Å².